The minimum absolute atomic E-state index is 0.000376. The lowest BCUT2D eigenvalue weighted by molar-refractivity contribution is -0.728. The van der Waals surface area contributed by atoms with Crippen molar-refractivity contribution in [1.29, 1.82) is 0 Å². The van der Waals surface area contributed by atoms with Crippen LogP contribution in [0.2, 0.25) is 0 Å². The van der Waals surface area contributed by atoms with E-state index in [2.05, 4.69) is 24.4 Å². The second-order valence-corrected chi connectivity index (χ2v) is 7.02. The summed E-state index contributed by atoms with van der Waals surface area (Å²) in [6.45, 7) is 4.04. The van der Waals surface area contributed by atoms with Crippen LogP contribution >= 0.6 is 0 Å². The molecule has 0 radical (unpaired) electrons. The average molecular weight is 427 g/mol. The number of hydrogen-bond acceptors (Lipinski definition) is 3. The minimum atomic E-state index is -1.48. The Hall–Kier alpha value is -3.58. The number of aromatic carboxylic acids is 2. The van der Waals surface area contributed by atoms with Gasteiger partial charge in [0.25, 0.3) is 0 Å². The Morgan fingerprint density at radius 3 is 1.77 bits per heavy atom. The van der Waals surface area contributed by atoms with Crippen molar-refractivity contribution in [2.24, 2.45) is 0 Å². The molecule has 0 aliphatic carbocycles. The summed E-state index contributed by atoms with van der Waals surface area (Å²) in [4.78, 5) is 20.8. The number of carbonyl (C=O) groups excluding carboxylic acids is 1. The maximum absolute atomic E-state index is 13.2. The van der Waals surface area contributed by atoms with Crippen LogP contribution in [0.1, 0.15) is 57.8 Å². The van der Waals surface area contributed by atoms with Crippen molar-refractivity contribution < 1.29 is 33.9 Å². The Balaban J connectivity index is 0.000000245. The molecule has 2 atom stereocenters. The molecule has 0 fully saturated rings. The number of carboxylic acid groups (broad SMARTS) is 2. The maximum atomic E-state index is 13.2. The van der Waals surface area contributed by atoms with E-state index in [1.54, 1.807) is 0 Å². The maximum Gasteiger partial charge on any atom is 0.336 e. The second kappa shape index (κ2) is 11.0. The number of halogens is 2. The summed E-state index contributed by atoms with van der Waals surface area (Å²) < 4.78 is 26.4. The fourth-order valence-electron chi connectivity index (χ4n) is 3.10. The Morgan fingerprint density at radius 1 is 0.806 bits per heavy atom. The van der Waals surface area contributed by atoms with Crippen molar-refractivity contribution in [3.63, 3.8) is 0 Å². The molecule has 0 aromatic heterocycles. The Morgan fingerprint density at radius 2 is 1.29 bits per heavy atom. The smallest absolute Gasteiger partial charge is 0.336 e. The van der Waals surface area contributed by atoms with E-state index in [9.17, 15) is 23.5 Å². The van der Waals surface area contributed by atoms with Gasteiger partial charge in [-0.2, -0.15) is 0 Å². The Bertz CT molecular complexity index is 988. The average Bonchev–Trinajstić information content (AvgIpc) is 2.74. The standard InChI is InChI=1S/C16H17F2N.C8H6O4/c1-11(13-6-4-3-5-7-13)19-12(2)14-8-15(17)10-16(18)9-14;9-7(10)5-3-1-2-4-6(5)8(11)12/h3-12,19H,1-2H3;1-4H,(H,9,10)(H,11,12)/t11-,12?;/m0./s1. The van der Waals surface area contributed by atoms with E-state index in [4.69, 9.17) is 5.11 Å². The van der Waals surface area contributed by atoms with Gasteiger partial charge in [-0.3, -0.25) is 0 Å². The molecular formula is C24H23F2NO4. The highest BCUT2D eigenvalue weighted by Crippen LogP contribution is 2.15. The fourth-order valence-corrected chi connectivity index (χ4v) is 3.10. The first-order valence-electron chi connectivity index (χ1n) is 9.58. The van der Waals surface area contributed by atoms with Gasteiger partial charge in [0.15, 0.2) is 0 Å². The van der Waals surface area contributed by atoms with Gasteiger partial charge >= 0.3 is 5.97 Å². The molecule has 0 spiro atoms. The van der Waals surface area contributed by atoms with Crippen molar-refractivity contribution >= 4 is 11.9 Å². The van der Waals surface area contributed by atoms with Crippen molar-refractivity contribution in [2.75, 3.05) is 0 Å². The Labute approximate surface area is 179 Å². The minimum Gasteiger partial charge on any atom is -0.545 e. The molecule has 0 heterocycles. The largest absolute Gasteiger partial charge is 0.545 e. The van der Waals surface area contributed by atoms with Crippen LogP contribution in [0.4, 0.5) is 8.78 Å². The highest BCUT2D eigenvalue weighted by Gasteiger charge is 2.16. The predicted octanol–water partition coefficient (Wildman–Crippen LogP) is 3.10. The summed E-state index contributed by atoms with van der Waals surface area (Å²) >= 11 is 0. The van der Waals surface area contributed by atoms with Gasteiger partial charge in [0, 0.05) is 22.8 Å². The molecule has 0 saturated carbocycles. The molecule has 0 aliphatic rings. The normalized spacial score (nSPS) is 12.3. The van der Waals surface area contributed by atoms with Gasteiger partial charge in [-0.15, -0.1) is 0 Å². The second-order valence-electron chi connectivity index (χ2n) is 7.02. The number of rotatable bonds is 6. The molecule has 0 bridgehead atoms. The molecule has 3 aromatic carbocycles. The molecule has 3 rings (SSSR count). The van der Waals surface area contributed by atoms with E-state index in [0.717, 1.165) is 6.07 Å². The quantitative estimate of drug-likeness (QED) is 0.632. The third-order valence-electron chi connectivity index (χ3n) is 4.69. The van der Waals surface area contributed by atoms with E-state index in [1.165, 1.54) is 42.0 Å². The van der Waals surface area contributed by atoms with Crippen molar-refractivity contribution in [3.05, 3.63) is 107 Å². The third-order valence-corrected chi connectivity index (χ3v) is 4.69. The molecule has 0 amide bonds. The van der Waals surface area contributed by atoms with Gasteiger partial charge in [-0.05, 0) is 32.0 Å². The van der Waals surface area contributed by atoms with E-state index in [1.807, 2.05) is 25.1 Å². The molecule has 3 aromatic rings. The third kappa shape index (κ3) is 7.01. The van der Waals surface area contributed by atoms with Gasteiger partial charge < -0.3 is 20.3 Å². The van der Waals surface area contributed by atoms with E-state index >= 15 is 0 Å². The van der Waals surface area contributed by atoms with E-state index in [0.29, 0.717) is 5.56 Å². The zero-order valence-electron chi connectivity index (χ0n) is 17.1. The van der Waals surface area contributed by atoms with Gasteiger partial charge in [-0.25, -0.2) is 13.6 Å². The van der Waals surface area contributed by atoms with Gasteiger partial charge in [-0.1, -0.05) is 48.5 Å². The van der Waals surface area contributed by atoms with Crippen LogP contribution in [0.15, 0.2) is 72.8 Å². The van der Waals surface area contributed by atoms with Gasteiger partial charge in [0.2, 0.25) is 0 Å². The van der Waals surface area contributed by atoms with Crippen LogP contribution in [0.5, 0.6) is 0 Å². The van der Waals surface area contributed by atoms with Crippen LogP contribution in [0.3, 0.4) is 0 Å². The summed E-state index contributed by atoms with van der Waals surface area (Å²) in [6, 6.07) is 19.3. The number of quaternary nitrogens is 1. The monoisotopic (exact) mass is 427 g/mol. The van der Waals surface area contributed by atoms with Crippen LogP contribution in [-0.2, 0) is 0 Å². The molecule has 3 N–H and O–H groups in total. The highest BCUT2D eigenvalue weighted by atomic mass is 19.1. The first-order chi connectivity index (χ1) is 14.7. The zero-order chi connectivity index (χ0) is 23.0. The number of hydrogen-bond donors (Lipinski definition) is 2. The molecule has 162 valence electrons. The topological polar surface area (TPSA) is 94.0 Å². The summed E-state index contributed by atoms with van der Waals surface area (Å²) in [5.41, 5.74) is 1.31. The number of carboxylic acids is 2. The van der Waals surface area contributed by atoms with Crippen LogP contribution in [0.25, 0.3) is 0 Å². The number of benzene rings is 3. The lowest BCUT2D eigenvalue weighted by atomic mass is 10.0. The molecule has 7 heteroatoms. The molecule has 31 heavy (non-hydrogen) atoms. The van der Waals surface area contributed by atoms with Crippen molar-refractivity contribution in [3.8, 4) is 0 Å². The molecule has 5 nitrogen and oxygen atoms in total. The van der Waals surface area contributed by atoms with Crippen LogP contribution in [0, 0.1) is 11.6 Å². The summed E-state index contributed by atoms with van der Waals surface area (Å²) in [6.07, 6.45) is 0. The molecular weight excluding hydrogens is 404 g/mol. The summed E-state index contributed by atoms with van der Waals surface area (Å²) in [7, 11) is 0. The van der Waals surface area contributed by atoms with Gasteiger partial charge in [0.05, 0.1) is 11.5 Å². The number of nitrogens with two attached hydrogens (primary N) is 1. The Kier molecular flexibility index (Phi) is 8.40. The highest BCUT2D eigenvalue weighted by molar-refractivity contribution is 6.00. The first kappa shape index (κ1) is 23.7. The van der Waals surface area contributed by atoms with E-state index < -0.39 is 23.6 Å². The predicted molar refractivity (Wildman–Crippen MR) is 109 cm³/mol. The van der Waals surface area contributed by atoms with Gasteiger partial charge in [0.1, 0.15) is 23.7 Å². The number of carbonyl (C=O) groups is 2. The summed E-state index contributed by atoms with van der Waals surface area (Å²) in [5, 5.41) is 21.0. The molecule has 0 aliphatic heterocycles. The molecule has 0 saturated heterocycles. The molecule has 1 unspecified atom stereocenters. The SMILES string of the molecule is CC([NH2+][C@@H](C)c1ccccc1)c1cc(F)cc(F)c1.O=C([O-])c1ccccc1C(=O)O. The van der Waals surface area contributed by atoms with Crippen molar-refractivity contribution in [2.45, 2.75) is 25.9 Å². The first-order valence-corrected chi connectivity index (χ1v) is 9.58. The van der Waals surface area contributed by atoms with Crippen LogP contribution in [-0.4, -0.2) is 17.0 Å². The summed E-state index contributed by atoms with van der Waals surface area (Å²) in [5.74, 6) is -3.80. The van der Waals surface area contributed by atoms with Crippen LogP contribution < -0.4 is 10.4 Å². The van der Waals surface area contributed by atoms with Crippen molar-refractivity contribution in [1.82, 2.24) is 0 Å². The lowest BCUT2D eigenvalue weighted by Gasteiger charge is -2.17. The zero-order valence-corrected chi connectivity index (χ0v) is 17.1. The lowest BCUT2D eigenvalue weighted by Crippen LogP contribution is -2.85. The van der Waals surface area contributed by atoms with E-state index in [-0.39, 0.29) is 23.2 Å². The fraction of sp³-hybridized carbons (Fsp3) is 0.167.